The molecule has 0 radical (unpaired) electrons. The van der Waals surface area contributed by atoms with E-state index in [4.69, 9.17) is 4.74 Å². The molecule has 2 saturated heterocycles. The number of piperidine rings is 1. The van der Waals surface area contributed by atoms with Gasteiger partial charge in [0.15, 0.2) is 0 Å². The summed E-state index contributed by atoms with van der Waals surface area (Å²) in [5.74, 6) is 0.248. The van der Waals surface area contributed by atoms with E-state index >= 15 is 0 Å². The summed E-state index contributed by atoms with van der Waals surface area (Å²) in [4.78, 5) is 15.1. The van der Waals surface area contributed by atoms with Crippen LogP contribution >= 0.6 is 23.9 Å². The average Bonchev–Trinajstić information content (AvgIpc) is 2.66. The molecule has 2 aliphatic heterocycles. The minimum absolute atomic E-state index is 0.0705. The highest BCUT2D eigenvalue weighted by Crippen LogP contribution is 2.31. The summed E-state index contributed by atoms with van der Waals surface area (Å²) in [7, 11) is 0. The molecule has 7 heteroatoms. The number of nitrogens with one attached hydrogen (secondary N) is 1. The Kier molecular flexibility index (Phi) is 7.50. The summed E-state index contributed by atoms with van der Waals surface area (Å²) in [5, 5.41) is 3.18. The van der Waals surface area contributed by atoms with E-state index in [2.05, 4.69) is 59.0 Å². The molecule has 2 fully saturated rings. The molecule has 1 aromatic carbocycles. The predicted octanol–water partition coefficient (Wildman–Crippen LogP) is 3.66. The normalized spacial score (nSPS) is 22.4. The number of rotatable bonds is 8. The van der Waals surface area contributed by atoms with Crippen LogP contribution in [0.4, 0.5) is 0 Å². The highest BCUT2D eigenvalue weighted by atomic mass is 32.2. The molecule has 1 aromatic rings. The molecule has 1 atom stereocenters. The Morgan fingerprint density at radius 3 is 2.52 bits per heavy atom. The number of nitrogens with zero attached hydrogens (tertiary/aromatic N) is 2. The average molecular weight is 410 g/mol. The molecule has 1 N–H and O–H groups in total. The van der Waals surface area contributed by atoms with Gasteiger partial charge in [0.2, 0.25) is 5.91 Å². The maximum atomic E-state index is 12.6. The van der Waals surface area contributed by atoms with E-state index in [0.29, 0.717) is 13.2 Å². The maximum Gasteiger partial charge on any atom is 0.225 e. The first-order valence-electron chi connectivity index (χ1n) is 9.87. The molecule has 3 rings (SSSR count). The quantitative estimate of drug-likeness (QED) is 0.661. The first-order valence-corrected chi connectivity index (χ1v) is 11.4. The highest BCUT2D eigenvalue weighted by molar-refractivity contribution is 7.97. The van der Waals surface area contributed by atoms with Crippen LogP contribution in [0.25, 0.3) is 0 Å². The third-order valence-electron chi connectivity index (χ3n) is 5.02. The van der Waals surface area contributed by atoms with Crippen molar-refractivity contribution in [3.63, 3.8) is 0 Å². The van der Waals surface area contributed by atoms with Crippen LogP contribution < -0.4 is 5.32 Å². The molecule has 150 valence electrons. The van der Waals surface area contributed by atoms with Gasteiger partial charge in [-0.25, -0.2) is 8.61 Å². The fourth-order valence-corrected chi connectivity index (χ4v) is 5.18. The Balaban J connectivity index is 1.50. The maximum absolute atomic E-state index is 12.6. The Labute approximate surface area is 171 Å². The van der Waals surface area contributed by atoms with Crippen molar-refractivity contribution in [2.24, 2.45) is 5.92 Å². The smallest absolute Gasteiger partial charge is 0.225 e. The Bertz CT molecular complexity index is 618. The second kappa shape index (κ2) is 9.65. The van der Waals surface area contributed by atoms with Crippen LogP contribution in [0.5, 0.6) is 0 Å². The molecule has 0 bridgehead atoms. The van der Waals surface area contributed by atoms with Crippen LogP contribution in [0, 0.1) is 5.92 Å². The van der Waals surface area contributed by atoms with Crippen molar-refractivity contribution in [3.05, 3.63) is 24.3 Å². The molecule has 2 aliphatic rings. The van der Waals surface area contributed by atoms with Gasteiger partial charge in [-0.2, -0.15) is 0 Å². The van der Waals surface area contributed by atoms with Gasteiger partial charge in [0.05, 0.1) is 24.7 Å². The van der Waals surface area contributed by atoms with Crippen molar-refractivity contribution in [1.82, 2.24) is 13.9 Å². The van der Waals surface area contributed by atoms with Crippen LogP contribution in [-0.4, -0.2) is 59.4 Å². The lowest BCUT2D eigenvalue weighted by molar-refractivity contribution is -0.136. The number of benzene rings is 1. The van der Waals surface area contributed by atoms with Crippen molar-refractivity contribution >= 4 is 29.8 Å². The molecular formula is C20H31N3O2S2. The predicted molar refractivity (Wildman–Crippen MR) is 113 cm³/mol. The minimum atomic E-state index is -0.162. The summed E-state index contributed by atoms with van der Waals surface area (Å²) in [6.45, 7) is 11.6. The Morgan fingerprint density at radius 1 is 1.26 bits per heavy atom. The lowest BCUT2D eigenvalue weighted by Crippen LogP contribution is -2.61. The molecule has 0 aromatic heterocycles. The number of carbonyl (C=O) groups excluding carboxylic acids is 1. The van der Waals surface area contributed by atoms with Crippen LogP contribution in [0.1, 0.15) is 33.6 Å². The standard InChI is InChI=1S/C20H31N3O2S2/c1-4-22(5-2)26-17-8-10-18(11-9-17)27-23-12-6-7-16(13-23)19(24)21-20(3)14-25-15-20/h8-11,16H,4-7,12-15H2,1-3H3,(H,21,24). The van der Waals surface area contributed by atoms with E-state index in [1.807, 2.05) is 11.9 Å². The van der Waals surface area contributed by atoms with Gasteiger partial charge in [-0.3, -0.25) is 4.79 Å². The number of hydrogen-bond acceptors (Lipinski definition) is 6. The fraction of sp³-hybridized carbons (Fsp3) is 0.650. The molecule has 0 spiro atoms. The number of amides is 1. The van der Waals surface area contributed by atoms with Gasteiger partial charge in [0.25, 0.3) is 0 Å². The zero-order valence-electron chi connectivity index (χ0n) is 16.6. The molecule has 27 heavy (non-hydrogen) atoms. The third kappa shape index (κ3) is 5.87. The zero-order chi connectivity index (χ0) is 19.3. The molecule has 0 saturated carbocycles. The van der Waals surface area contributed by atoms with Crippen LogP contribution in [-0.2, 0) is 9.53 Å². The largest absolute Gasteiger partial charge is 0.376 e. The van der Waals surface area contributed by atoms with Crippen LogP contribution in [0.2, 0.25) is 0 Å². The van der Waals surface area contributed by atoms with Gasteiger partial charge in [-0.15, -0.1) is 0 Å². The van der Waals surface area contributed by atoms with Gasteiger partial charge in [-0.05, 0) is 67.9 Å². The summed E-state index contributed by atoms with van der Waals surface area (Å²) in [5.41, 5.74) is -0.162. The second-order valence-electron chi connectivity index (χ2n) is 7.54. The second-order valence-corrected chi connectivity index (χ2v) is 9.88. The van der Waals surface area contributed by atoms with E-state index in [1.54, 1.807) is 11.9 Å². The zero-order valence-corrected chi connectivity index (χ0v) is 18.2. The Hall–Kier alpha value is -0.730. The molecule has 1 amide bonds. The molecular weight excluding hydrogens is 378 g/mol. The van der Waals surface area contributed by atoms with Gasteiger partial charge in [-0.1, -0.05) is 13.8 Å². The van der Waals surface area contributed by atoms with Crippen molar-refractivity contribution in [3.8, 4) is 0 Å². The van der Waals surface area contributed by atoms with Crippen LogP contribution in [0.3, 0.4) is 0 Å². The molecule has 0 aliphatic carbocycles. The van der Waals surface area contributed by atoms with E-state index in [-0.39, 0.29) is 17.4 Å². The lowest BCUT2D eigenvalue weighted by Gasteiger charge is -2.40. The summed E-state index contributed by atoms with van der Waals surface area (Å²) in [6, 6.07) is 8.76. The summed E-state index contributed by atoms with van der Waals surface area (Å²) < 4.78 is 9.91. The van der Waals surface area contributed by atoms with Crippen molar-refractivity contribution < 1.29 is 9.53 Å². The van der Waals surface area contributed by atoms with E-state index in [0.717, 1.165) is 39.0 Å². The van der Waals surface area contributed by atoms with Gasteiger partial charge < -0.3 is 10.1 Å². The first kappa shape index (κ1) is 21.0. The fourth-order valence-electron chi connectivity index (χ4n) is 3.33. The number of hydrogen-bond donors (Lipinski definition) is 1. The van der Waals surface area contributed by atoms with E-state index in [1.165, 1.54) is 9.79 Å². The van der Waals surface area contributed by atoms with Crippen molar-refractivity contribution in [1.29, 1.82) is 0 Å². The molecule has 2 heterocycles. The lowest BCUT2D eigenvalue weighted by atomic mass is 9.95. The number of carbonyl (C=O) groups is 1. The van der Waals surface area contributed by atoms with Gasteiger partial charge in [0, 0.05) is 36.0 Å². The third-order valence-corrected chi connectivity index (χ3v) is 7.35. The molecule has 5 nitrogen and oxygen atoms in total. The van der Waals surface area contributed by atoms with E-state index < -0.39 is 0 Å². The van der Waals surface area contributed by atoms with E-state index in [9.17, 15) is 4.79 Å². The minimum Gasteiger partial charge on any atom is -0.376 e. The van der Waals surface area contributed by atoms with Gasteiger partial charge >= 0.3 is 0 Å². The van der Waals surface area contributed by atoms with Crippen molar-refractivity contribution in [2.75, 3.05) is 39.4 Å². The van der Waals surface area contributed by atoms with Crippen molar-refractivity contribution in [2.45, 2.75) is 48.9 Å². The monoisotopic (exact) mass is 409 g/mol. The topological polar surface area (TPSA) is 44.8 Å². The summed E-state index contributed by atoms with van der Waals surface area (Å²) >= 11 is 3.58. The Morgan fingerprint density at radius 2 is 1.93 bits per heavy atom. The highest BCUT2D eigenvalue weighted by Gasteiger charge is 2.37. The molecule has 1 unspecified atom stereocenters. The summed E-state index contributed by atoms with van der Waals surface area (Å²) in [6.07, 6.45) is 2.04. The first-order chi connectivity index (χ1) is 13.0. The van der Waals surface area contributed by atoms with Crippen LogP contribution in [0.15, 0.2) is 34.1 Å². The number of ether oxygens (including phenoxy) is 1. The van der Waals surface area contributed by atoms with Gasteiger partial charge in [0.1, 0.15) is 0 Å². The SMILES string of the molecule is CCN(CC)Sc1ccc(SN2CCCC(C(=O)NC3(C)COC3)C2)cc1.